The zero-order chi connectivity index (χ0) is 20.9. The molecule has 0 N–H and O–H groups in total. The predicted molar refractivity (Wildman–Crippen MR) is 115 cm³/mol. The van der Waals surface area contributed by atoms with Crippen molar-refractivity contribution in [1.82, 2.24) is 0 Å². The number of ether oxygens (including phenoxy) is 2. The third-order valence-corrected chi connectivity index (χ3v) is 5.17. The van der Waals surface area contributed by atoms with Gasteiger partial charge in [0.2, 0.25) is 5.91 Å². The van der Waals surface area contributed by atoms with E-state index in [0.29, 0.717) is 28.7 Å². The summed E-state index contributed by atoms with van der Waals surface area (Å²) in [5.74, 6) is 2.07. The minimum absolute atomic E-state index is 0.00809. The Morgan fingerprint density at radius 1 is 1.00 bits per heavy atom. The Kier molecular flexibility index (Phi) is 5.87. The van der Waals surface area contributed by atoms with Gasteiger partial charge in [-0.25, -0.2) is 0 Å². The molecule has 0 spiro atoms. The Morgan fingerprint density at radius 3 is 2.40 bits per heavy atom. The van der Waals surface area contributed by atoms with Crippen LogP contribution < -0.4 is 14.4 Å². The lowest BCUT2D eigenvalue weighted by molar-refractivity contribution is -0.117. The van der Waals surface area contributed by atoms with Gasteiger partial charge in [0, 0.05) is 17.1 Å². The normalized spacial score (nSPS) is 15.7. The Labute approximate surface area is 180 Å². The van der Waals surface area contributed by atoms with E-state index in [2.05, 4.69) is 0 Å². The highest BCUT2D eigenvalue weighted by Crippen LogP contribution is 2.38. The Hall–Kier alpha value is -3.49. The summed E-state index contributed by atoms with van der Waals surface area (Å²) in [6.45, 7) is -0.00809. The van der Waals surface area contributed by atoms with Gasteiger partial charge in [-0.05, 0) is 72.6 Å². The zero-order valence-corrected chi connectivity index (χ0v) is 16.9. The van der Waals surface area contributed by atoms with Gasteiger partial charge in [-0.15, -0.1) is 0 Å². The maximum atomic E-state index is 12.6. The molecule has 1 heterocycles. The molecule has 0 saturated carbocycles. The average Bonchev–Trinajstić information content (AvgIpc) is 3.16. The van der Waals surface area contributed by atoms with E-state index >= 15 is 0 Å². The summed E-state index contributed by atoms with van der Waals surface area (Å²) in [6, 6.07) is 24.1. The maximum absolute atomic E-state index is 12.6. The van der Waals surface area contributed by atoms with Crippen LogP contribution in [-0.2, 0) is 4.79 Å². The fraction of sp³-hybridized carbons (Fsp3) is 0.167. The Bertz CT molecular complexity index is 1070. The highest BCUT2D eigenvalue weighted by molar-refractivity contribution is 6.30. The van der Waals surface area contributed by atoms with Crippen LogP contribution >= 0.6 is 11.6 Å². The lowest BCUT2D eigenvalue weighted by atomic mass is 10.0. The van der Waals surface area contributed by atoms with Crippen LogP contribution in [-0.4, -0.2) is 12.5 Å². The van der Waals surface area contributed by atoms with Gasteiger partial charge in [-0.3, -0.25) is 4.79 Å². The molecule has 4 rings (SSSR count). The SMILES string of the molecule is N#CCOc1cccc(C2CCC(=O)N2c2ccc(Oc3ccc(Cl)cc3)cc2)c1. The molecule has 1 unspecified atom stereocenters. The van der Waals surface area contributed by atoms with Crippen molar-refractivity contribution in [3.05, 3.63) is 83.4 Å². The molecular weight excluding hydrogens is 400 g/mol. The van der Waals surface area contributed by atoms with Crippen LogP contribution in [0.2, 0.25) is 5.02 Å². The molecule has 1 amide bonds. The van der Waals surface area contributed by atoms with Crippen LogP contribution in [0.3, 0.4) is 0 Å². The van der Waals surface area contributed by atoms with Gasteiger partial charge in [-0.2, -0.15) is 5.26 Å². The topological polar surface area (TPSA) is 62.6 Å². The highest BCUT2D eigenvalue weighted by atomic mass is 35.5. The third-order valence-electron chi connectivity index (χ3n) is 4.92. The molecule has 150 valence electrons. The van der Waals surface area contributed by atoms with Gasteiger partial charge in [0.05, 0.1) is 6.04 Å². The van der Waals surface area contributed by atoms with E-state index in [0.717, 1.165) is 17.7 Å². The van der Waals surface area contributed by atoms with E-state index < -0.39 is 0 Å². The van der Waals surface area contributed by atoms with Crippen LogP contribution in [0.1, 0.15) is 24.4 Å². The second-order valence-electron chi connectivity index (χ2n) is 6.89. The van der Waals surface area contributed by atoms with Crippen LogP contribution in [0, 0.1) is 11.3 Å². The van der Waals surface area contributed by atoms with Crippen molar-refractivity contribution in [3.8, 4) is 23.3 Å². The standard InChI is InChI=1S/C24H19ClN2O3/c25-18-4-8-20(9-5-18)30-21-10-6-19(7-11-21)27-23(12-13-24(27)28)17-2-1-3-22(16-17)29-15-14-26/h1-11,16,23H,12-13,15H2. The number of rotatable bonds is 6. The first-order valence-corrected chi connectivity index (χ1v) is 9.97. The van der Waals surface area contributed by atoms with Gasteiger partial charge < -0.3 is 14.4 Å². The van der Waals surface area contributed by atoms with Crippen molar-refractivity contribution in [3.63, 3.8) is 0 Å². The van der Waals surface area contributed by atoms with E-state index in [1.807, 2.05) is 59.5 Å². The Balaban J connectivity index is 1.53. The van der Waals surface area contributed by atoms with Crippen molar-refractivity contribution >= 4 is 23.2 Å². The summed E-state index contributed by atoms with van der Waals surface area (Å²) in [4.78, 5) is 14.4. The zero-order valence-electron chi connectivity index (χ0n) is 16.1. The molecule has 3 aromatic rings. The first kappa shape index (κ1) is 19.8. The fourth-order valence-corrected chi connectivity index (χ4v) is 3.69. The van der Waals surface area contributed by atoms with Crippen molar-refractivity contribution in [2.45, 2.75) is 18.9 Å². The second-order valence-corrected chi connectivity index (χ2v) is 7.32. The number of benzene rings is 3. The molecule has 0 bridgehead atoms. The lowest BCUT2D eigenvalue weighted by Gasteiger charge is -2.26. The molecule has 6 heteroatoms. The first-order valence-electron chi connectivity index (χ1n) is 9.59. The highest BCUT2D eigenvalue weighted by Gasteiger charge is 2.33. The van der Waals surface area contributed by atoms with Crippen molar-refractivity contribution in [2.24, 2.45) is 0 Å². The van der Waals surface area contributed by atoms with Gasteiger partial charge in [0.1, 0.15) is 23.3 Å². The summed E-state index contributed by atoms with van der Waals surface area (Å²) in [5.41, 5.74) is 1.80. The van der Waals surface area contributed by atoms with Crippen LogP contribution in [0.4, 0.5) is 5.69 Å². The molecule has 1 aliphatic heterocycles. The van der Waals surface area contributed by atoms with Crippen LogP contribution in [0.15, 0.2) is 72.8 Å². The second kappa shape index (κ2) is 8.89. The molecular formula is C24H19ClN2O3. The number of anilines is 1. The number of carbonyl (C=O) groups is 1. The quantitative estimate of drug-likeness (QED) is 0.499. The number of nitriles is 1. The number of carbonyl (C=O) groups excluding carboxylic acids is 1. The molecule has 5 nitrogen and oxygen atoms in total. The molecule has 1 fully saturated rings. The fourth-order valence-electron chi connectivity index (χ4n) is 3.56. The Morgan fingerprint density at radius 2 is 1.70 bits per heavy atom. The molecule has 1 saturated heterocycles. The van der Waals surface area contributed by atoms with Crippen molar-refractivity contribution in [1.29, 1.82) is 5.26 Å². The van der Waals surface area contributed by atoms with E-state index in [1.54, 1.807) is 24.3 Å². The van der Waals surface area contributed by atoms with Gasteiger partial charge >= 0.3 is 0 Å². The van der Waals surface area contributed by atoms with E-state index in [4.69, 9.17) is 26.3 Å². The molecule has 1 aliphatic rings. The number of amides is 1. The summed E-state index contributed by atoms with van der Waals surface area (Å²) < 4.78 is 11.3. The molecule has 30 heavy (non-hydrogen) atoms. The molecule has 3 aromatic carbocycles. The summed E-state index contributed by atoms with van der Waals surface area (Å²) in [5, 5.41) is 9.37. The molecule has 1 atom stereocenters. The van der Waals surface area contributed by atoms with E-state index in [9.17, 15) is 4.79 Å². The largest absolute Gasteiger partial charge is 0.479 e. The van der Waals surface area contributed by atoms with Crippen LogP contribution in [0.5, 0.6) is 17.2 Å². The van der Waals surface area contributed by atoms with Crippen LogP contribution in [0.25, 0.3) is 0 Å². The van der Waals surface area contributed by atoms with E-state index in [-0.39, 0.29) is 18.6 Å². The van der Waals surface area contributed by atoms with Gasteiger partial charge in [0.15, 0.2) is 6.61 Å². The smallest absolute Gasteiger partial charge is 0.227 e. The molecule has 0 radical (unpaired) electrons. The predicted octanol–water partition coefficient (Wildman–Crippen LogP) is 5.90. The minimum Gasteiger partial charge on any atom is -0.479 e. The third kappa shape index (κ3) is 4.40. The number of hydrogen-bond donors (Lipinski definition) is 0. The van der Waals surface area contributed by atoms with Crippen molar-refractivity contribution < 1.29 is 14.3 Å². The summed E-state index contributed by atoms with van der Waals surface area (Å²) >= 11 is 5.91. The monoisotopic (exact) mass is 418 g/mol. The van der Waals surface area contributed by atoms with Crippen molar-refractivity contribution in [2.75, 3.05) is 11.5 Å². The number of halogens is 1. The average molecular weight is 419 g/mol. The number of nitrogens with zero attached hydrogens (tertiary/aromatic N) is 2. The summed E-state index contributed by atoms with van der Waals surface area (Å²) in [6.07, 6.45) is 1.21. The minimum atomic E-state index is -0.0776. The molecule has 0 aliphatic carbocycles. The number of hydrogen-bond acceptors (Lipinski definition) is 4. The van der Waals surface area contributed by atoms with Gasteiger partial charge in [-0.1, -0.05) is 23.7 Å². The molecule has 0 aromatic heterocycles. The summed E-state index contributed by atoms with van der Waals surface area (Å²) in [7, 11) is 0. The van der Waals surface area contributed by atoms with Gasteiger partial charge in [0.25, 0.3) is 0 Å². The van der Waals surface area contributed by atoms with E-state index in [1.165, 1.54) is 0 Å². The first-order chi connectivity index (χ1) is 14.6. The lowest BCUT2D eigenvalue weighted by Crippen LogP contribution is -2.27. The maximum Gasteiger partial charge on any atom is 0.227 e.